The predicted molar refractivity (Wildman–Crippen MR) is 100 cm³/mol. The van der Waals surface area contributed by atoms with Crippen molar-refractivity contribution in [2.24, 2.45) is 0 Å². The van der Waals surface area contributed by atoms with Crippen molar-refractivity contribution in [3.05, 3.63) is 90.4 Å². The zero-order chi connectivity index (χ0) is 18.5. The van der Waals surface area contributed by atoms with E-state index in [1.807, 2.05) is 54.7 Å². The molecule has 6 nitrogen and oxygen atoms in total. The van der Waals surface area contributed by atoms with Gasteiger partial charge in [-0.05, 0) is 35.9 Å². The third-order valence-corrected chi connectivity index (χ3v) is 4.05. The highest BCUT2D eigenvalue weighted by molar-refractivity contribution is 5.57. The van der Waals surface area contributed by atoms with Gasteiger partial charge in [0.15, 0.2) is 0 Å². The first-order valence-corrected chi connectivity index (χ1v) is 8.37. The molecule has 0 aliphatic carbocycles. The summed E-state index contributed by atoms with van der Waals surface area (Å²) in [6.07, 6.45) is 5.23. The van der Waals surface area contributed by atoms with Gasteiger partial charge in [0, 0.05) is 18.0 Å². The van der Waals surface area contributed by atoms with E-state index in [2.05, 4.69) is 21.4 Å². The number of hydrogen-bond donors (Lipinski definition) is 0. The van der Waals surface area contributed by atoms with Crippen molar-refractivity contribution < 1.29 is 4.74 Å². The van der Waals surface area contributed by atoms with Gasteiger partial charge in [-0.1, -0.05) is 35.5 Å². The Morgan fingerprint density at radius 3 is 2.59 bits per heavy atom. The van der Waals surface area contributed by atoms with Gasteiger partial charge in [0.25, 0.3) is 0 Å². The summed E-state index contributed by atoms with van der Waals surface area (Å²) in [7, 11) is 0. The van der Waals surface area contributed by atoms with Gasteiger partial charge >= 0.3 is 0 Å². The van der Waals surface area contributed by atoms with E-state index in [1.54, 1.807) is 29.2 Å². The summed E-state index contributed by atoms with van der Waals surface area (Å²) in [5.41, 5.74) is 3.90. The molecule has 0 saturated carbocycles. The molecule has 4 rings (SSSR count). The average molecular weight is 353 g/mol. The van der Waals surface area contributed by atoms with Crippen LogP contribution in [0, 0.1) is 11.3 Å². The fourth-order valence-corrected chi connectivity index (χ4v) is 2.65. The third kappa shape index (κ3) is 3.67. The number of nitrogens with zero attached hydrogens (tertiary/aromatic N) is 5. The standard InChI is InChI=1S/C21H15N5O/c22-13-18-12-19(6-7-21(18)27-15-16-4-2-1-3-5-16)26-14-20(24-25-26)17-8-10-23-11-9-17/h1-12,14H,15H2. The lowest BCUT2D eigenvalue weighted by Gasteiger charge is -2.09. The molecule has 0 N–H and O–H groups in total. The molecule has 27 heavy (non-hydrogen) atoms. The van der Waals surface area contributed by atoms with Crippen molar-refractivity contribution in [3.63, 3.8) is 0 Å². The van der Waals surface area contributed by atoms with Crippen LogP contribution in [0.2, 0.25) is 0 Å². The fourth-order valence-electron chi connectivity index (χ4n) is 2.65. The highest BCUT2D eigenvalue weighted by Gasteiger charge is 2.09. The molecule has 2 heterocycles. The van der Waals surface area contributed by atoms with Crippen molar-refractivity contribution in [1.29, 1.82) is 5.26 Å². The highest BCUT2D eigenvalue weighted by Crippen LogP contribution is 2.23. The Morgan fingerprint density at radius 2 is 1.81 bits per heavy atom. The summed E-state index contributed by atoms with van der Waals surface area (Å²) >= 11 is 0. The van der Waals surface area contributed by atoms with E-state index in [4.69, 9.17) is 4.74 Å². The Morgan fingerprint density at radius 1 is 1.00 bits per heavy atom. The van der Waals surface area contributed by atoms with E-state index in [0.29, 0.717) is 17.9 Å². The lowest BCUT2D eigenvalue weighted by Crippen LogP contribution is -2.00. The normalized spacial score (nSPS) is 10.3. The lowest BCUT2D eigenvalue weighted by molar-refractivity contribution is 0.305. The molecule has 0 spiro atoms. The maximum atomic E-state index is 9.49. The van der Waals surface area contributed by atoms with E-state index in [1.165, 1.54) is 0 Å². The van der Waals surface area contributed by atoms with E-state index in [-0.39, 0.29) is 0 Å². The van der Waals surface area contributed by atoms with Gasteiger partial charge < -0.3 is 4.74 Å². The summed E-state index contributed by atoms with van der Waals surface area (Å²) < 4.78 is 7.44. The van der Waals surface area contributed by atoms with Crippen LogP contribution in [0.15, 0.2) is 79.3 Å². The zero-order valence-corrected chi connectivity index (χ0v) is 14.4. The van der Waals surface area contributed by atoms with Gasteiger partial charge in [-0.15, -0.1) is 5.10 Å². The molecule has 0 amide bonds. The number of hydrogen-bond acceptors (Lipinski definition) is 5. The van der Waals surface area contributed by atoms with E-state index in [0.717, 1.165) is 22.5 Å². The molecule has 6 heteroatoms. The van der Waals surface area contributed by atoms with Gasteiger partial charge in [-0.25, -0.2) is 4.68 Å². The van der Waals surface area contributed by atoms with Crippen molar-refractivity contribution >= 4 is 0 Å². The number of ether oxygens (including phenoxy) is 1. The van der Waals surface area contributed by atoms with Crippen LogP contribution in [0.25, 0.3) is 16.9 Å². The minimum atomic E-state index is 0.407. The predicted octanol–water partition coefficient (Wildman–Crippen LogP) is 3.78. The summed E-state index contributed by atoms with van der Waals surface area (Å²) in [4.78, 5) is 4.00. The van der Waals surface area contributed by atoms with Crippen LogP contribution < -0.4 is 4.74 Å². The van der Waals surface area contributed by atoms with Crippen LogP contribution in [0.3, 0.4) is 0 Å². The summed E-state index contributed by atoms with van der Waals surface area (Å²) in [5, 5.41) is 17.8. The summed E-state index contributed by atoms with van der Waals surface area (Å²) in [5.74, 6) is 0.541. The third-order valence-electron chi connectivity index (χ3n) is 4.05. The minimum Gasteiger partial charge on any atom is -0.488 e. The Hall–Kier alpha value is -3.98. The molecule has 0 bridgehead atoms. The molecule has 0 fully saturated rings. The maximum absolute atomic E-state index is 9.49. The highest BCUT2D eigenvalue weighted by atomic mass is 16.5. The SMILES string of the molecule is N#Cc1cc(-n2cc(-c3ccncc3)nn2)ccc1OCc1ccccc1. The van der Waals surface area contributed by atoms with Crippen LogP contribution in [-0.4, -0.2) is 20.0 Å². The Kier molecular flexibility index (Phi) is 4.58. The van der Waals surface area contributed by atoms with Crippen LogP contribution in [0.1, 0.15) is 11.1 Å². The molecule has 0 atom stereocenters. The number of aromatic nitrogens is 4. The summed E-state index contributed by atoms with van der Waals surface area (Å²) in [6.45, 7) is 0.407. The van der Waals surface area contributed by atoms with Crippen molar-refractivity contribution in [1.82, 2.24) is 20.0 Å². The molecule has 0 aliphatic heterocycles. The van der Waals surface area contributed by atoms with Gasteiger partial charge in [0.2, 0.25) is 0 Å². The smallest absolute Gasteiger partial charge is 0.137 e. The molecule has 130 valence electrons. The number of nitriles is 1. The number of pyridine rings is 1. The van der Waals surface area contributed by atoms with Crippen LogP contribution >= 0.6 is 0 Å². The Bertz CT molecular complexity index is 1080. The number of benzene rings is 2. The molecule has 2 aromatic carbocycles. The Labute approximate surface area is 156 Å². The van der Waals surface area contributed by atoms with Crippen LogP contribution in [0.4, 0.5) is 0 Å². The Balaban J connectivity index is 1.56. The molecular weight excluding hydrogens is 338 g/mol. The number of rotatable bonds is 5. The second kappa shape index (κ2) is 7.50. The fraction of sp³-hybridized carbons (Fsp3) is 0.0476. The average Bonchev–Trinajstić information content (AvgIpc) is 3.24. The molecule has 0 unspecified atom stereocenters. The first-order valence-electron chi connectivity index (χ1n) is 8.37. The molecular formula is C21H15N5O. The topological polar surface area (TPSA) is 76.6 Å². The largest absolute Gasteiger partial charge is 0.488 e. The minimum absolute atomic E-state index is 0.407. The van der Waals surface area contributed by atoms with Gasteiger partial charge in [-0.2, -0.15) is 5.26 Å². The second-order valence-corrected chi connectivity index (χ2v) is 5.85. The maximum Gasteiger partial charge on any atom is 0.137 e. The molecule has 0 saturated heterocycles. The van der Waals surface area contributed by atoms with E-state index >= 15 is 0 Å². The van der Waals surface area contributed by atoms with Crippen LogP contribution in [-0.2, 0) is 6.61 Å². The zero-order valence-electron chi connectivity index (χ0n) is 14.4. The van der Waals surface area contributed by atoms with Crippen molar-refractivity contribution in [3.8, 4) is 28.8 Å². The van der Waals surface area contributed by atoms with E-state index < -0.39 is 0 Å². The van der Waals surface area contributed by atoms with Gasteiger partial charge in [-0.3, -0.25) is 4.98 Å². The quantitative estimate of drug-likeness (QED) is 0.546. The van der Waals surface area contributed by atoms with Crippen molar-refractivity contribution in [2.45, 2.75) is 6.61 Å². The molecule has 0 radical (unpaired) electrons. The van der Waals surface area contributed by atoms with Gasteiger partial charge in [0.05, 0.1) is 17.4 Å². The van der Waals surface area contributed by atoms with Crippen LogP contribution in [0.5, 0.6) is 5.75 Å². The lowest BCUT2D eigenvalue weighted by atomic mass is 10.2. The first kappa shape index (κ1) is 16.5. The molecule has 4 aromatic rings. The van der Waals surface area contributed by atoms with Gasteiger partial charge in [0.1, 0.15) is 24.1 Å². The van der Waals surface area contributed by atoms with Crippen molar-refractivity contribution in [2.75, 3.05) is 0 Å². The molecule has 0 aliphatic rings. The first-order chi connectivity index (χ1) is 13.3. The second-order valence-electron chi connectivity index (χ2n) is 5.85. The molecule has 2 aromatic heterocycles. The summed E-state index contributed by atoms with van der Waals surface area (Å²) in [6, 6.07) is 21.1. The monoisotopic (exact) mass is 353 g/mol. The van der Waals surface area contributed by atoms with E-state index in [9.17, 15) is 5.26 Å².